The highest BCUT2D eigenvalue weighted by Crippen LogP contribution is 2.13. The number of anilines is 1. The molecule has 0 radical (unpaired) electrons. The van der Waals surface area contributed by atoms with Gasteiger partial charge in [-0.05, 0) is 30.7 Å². The number of rotatable bonds is 8. The summed E-state index contributed by atoms with van der Waals surface area (Å²) in [7, 11) is -3.37. The van der Waals surface area contributed by atoms with Gasteiger partial charge >= 0.3 is 0 Å². The van der Waals surface area contributed by atoms with Crippen molar-refractivity contribution in [1.29, 1.82) is 0 Å². The van der Waals surface area contributed by atoms with E-state index in [0.717, 1.165) is 18.5 Å². The lowest BCUT2D eigenvalue weighted by Gasteiger charge is -2.13. The highest BCUT2D eigenvalue weighted by Gasteiger charge is 2.11. The number of benzene rings is 1. The maximum Gasteiger partial charge on any atom is 0.240 e. The molecule has 0 fully saturated rings. The highest BCUT2D eigenvalue weighted by atomic mass is 32.2. The molecule has 1 atom stereocenters. The smallest absolute Gasteiger partial charge is 0.240 e. The SMILES string of the molecule is CCCC(N)CNc1ccc(S(=O)(=O)NCC)cc1. The normalized spacial score (nSPS) is 13.2. The summed E-state index contributed by atoms with van der Waals surface area (Å²) in [5, 5.41) is 3.20. The number of hydrogen-bond acceptors (Lipinski definition) is 4. The predicted octanol–water partition coefficient (Wildman–Crippen LogP) is 1.52. The first-order chi connectivity index (χ1) is 8.99. The van der Waals surface area contributed by atoms with Crippen LogP contribution < -0.4 is 15.8 Å². The van der Waals surface area contributed by atoms with E-state index in [1.807, 2.05) is 0 Å². The highest BCUT2D eigenvalue weighted by molar-refractivity contribution is 7.89. The van der Waals surface area contributed by atoms with E-state index >= 15 is 0 Å². The van der Waals surface area contributed by atoms with Crippen LogP contribution in [-0.2, 0) is 10.0 Å². The standard InChI is InChI=1S/C13H23N3O2S/c1-3-5-11(14)10-15-12-6-8-13(9-7-12)19(17,18)16-4-2/h6-9,11,15-16H,3-5,10,14H2,1-2H3. The van der Waals surface area contributed by atoms with E-state index in [0.29, 0.717) is 13.1 Å². The van der Waals surface area contributed by atoms with Gasteiger partial charge in [0.15, 0.2) is 0 Å². The van der Waals surface area contributed by atoms with Gasteiger partial charge in [-0.1, -0.05) is 20.3 Å². The number of sulfonamides is 1. The summed E-state index contributed by atoms with van der Waals surface area (Å²) in [6, 6.07) is 6.80. The van der Waals surface area contributed by atoms with Crippen LogP contribution in [-0.4, -0.2) is 27.5 Å². The third kappa shape index (κ3) is 5.18. The van der Waals surface area contributed by atoms with Crippen molar-refractivity contribution in [3.05, 3.63) is 24.3 Å². The van der Waals surface area contributed by atoms with Crippen molar-refractivity contribution >= 4 is 15.7 Å². The molecule has 0 aliphatic heterocycles. The van der Waals surface area contributed by atoms with Crippen LogP contribution in [0.15, 0.2) is 29.2 Å². The van der Waals surface area contributed by atoms with E-state index in [4.69, 9.17) is 5.73 Å². The topological polar surface area (TPSA) is 84.2 Å². The molecule has 0 heterocycles. The Labute approximate surface area is 115 Å². The molecule has 19 heavy (non-hydrogen) atoms. The first-order valence-corrected chi connectivity index (χ1v) is 8.07. The van der Waals surface area contributed by atoms with Crippen molar-refractivity contribution in [3.63, 3.8) is 0 Å². The molecule has 0 amide bonds. The number of nitrogens with two attached hydrogens (primary N) is 1. The Balaban J connectivity index is 2.62. The second-order valence-corrected chi connectivity index (χ2v) is 6.22. The second-order valence-electron chi connectivity index (χ2n) is 4.46. The van der Waals surface area contributed by atoms with E-state index in [9.17, 15) is 8.42 Å². The minimum Gasteiger partial charge on any atom is -0.383 e. The van der Waals surface area contributed by atoms with Gasteiger partial charge in [0, 0.05) is 24.8 Å². The molecule has 108 valence electrons. The Bertz CT molecular complexity index is 471. The van der Waals surface area contributed by atoms with Gasteiger partial charge in [-0.15, -0.1) is 0 Å². The van der Waals surface area contributed by atoms with Crippen LogP contribution in [0.1, 0.15) is 26.7 Å². The molecule has 1 unspecified atom stereocenters. The van der Waals surface area contributed by atoms with Gasteiger partial charge in [0.2, 0.25) is 10.0 Å². The van der Waals surface area contributed by atoms with Gasteiger partial charge in [0.05, 0.1) is 4.90 Å². The summed E-state index contributed by atoms with van der Waals surface area (Å²) in [4.78, 5) is 0.276. The summed E-state index contributed by atoms with van der Waals surface area (Å²) in [5.74, 6) is 0. The van der Waals surface area contributed by atoms with Crippen molar-refractivity contribution in [2.75, 3.05) is 18.4 Å². The summed E-state index contributed by atoms with van der Waals surface area (Å²) < 4.78 is 25.9. The summed E-state index contributed by atoms with van der Waals surface area (Å²) in [6.45, 7) is 4.92. The molecule has 1 aromatic rings. The third-order valence-corrected chi connectivity index (χ3v) is 4.29. The number of nitrogens with one attached hydrogen (secondary N) is 2. The van der Waals surface area contributed by atoms with Crippen LogP contribution >= 0.6 is 0 Å². The lowest BCUT2D eigenvalue weighted by molar-refractivity contribution is 0.584. The van der Waals surface area contributed by atoms with Crippen LogP contribution in [0, 0.1) is 0 Å². The van der Waals surface area contributed by atoms with Crippen molar-refractivity contribution in [2.45, 2.75) is 37.6 Å². The maximum atomic E-state index is 11.7. The van der Waals surface area contributed by atoms with Crippen LogP contribution in [0.25, 0.3) is 0 Å². The average Bonchev–Trinajstić information content (AvgIpc) is 2.37. The molecule has 0 aliphatic rings. The van der Waals surface area contributed by atoms with Gasteiger partial charge in [-0.25, -0.2) is 13.1 Å². The zero-order valence-electron chi connectivity index (χ0n) is 11.5. The average molecular weight is 285 g/mol. The van der Waals surface area contributed by atoms with E-state index < -0.39 is 10.0 Å². The molecule has 0 aromatic heterocycles. The summed E-state index contributed by atoms with van der Waals surface area (Å²) >= 11 is 0. The molecule has 1 rings (SSSR count). The van der Waals surface area contributed by atoms with Gasteiger partial charge in [-0.3, -0.25) is 0 Å². The Kier molecular flexibility index (Phi) is 6.27. The van der Waals surface area contributed by atoms with Crippen LogP contribution in [0.3, 0.4) is 0 Å². The minimum absolute atomic E-state index is 0.121. The first kappa shape index (κ1) is 15.9. The van der Waals surface area contributed by atoms with Crippen molar-refractivity contribution in [3.8, 4) is 0 Å². The van der Waals surface area contributed by atoms with Crippen LogP contribution in [0.2, 0.25) is 0 Å². The Morgan fingerprint density at radius 1 is 1.21 bits per heavy atom. The molecule has 5 nitrogen and oxygen atoms in total. The predicted molar refractivity (Wildman–Crippen MR) is 78.7 cm³/mol. The molecule has 0 aliphatic carbocycles. The molecule has 1 aromatic carbocycles. The largest absolute Gasteiger partial charge is 0.383 e. The molecule has 6 heteroatoms. The van der Waals surface area contributed by atoms with E-state index in [2.05, 4.69) is 17.0 Å². The zero-order valence-corrected chi connectivity index (χ0v) is 12.3. The summed E-state index contributed by atoms with van der Waals surface area (Å²) in [6.07, 6.45) is 2.03. The zero-order chi connectivity index (χ0) is 14.3. The van der Waals surface area contributed by atoms with Crippen LogP contribution in [0.4, 0.5) is 5.69 Å². The molecule has 0 saturated heterocycles. The van der Waals surface area contributed by atoms with Crippen molar-refractivity contribution in [2.24, 2.45) is 5.73 Å². The third-order valence-electron chi connectivity index (χ3n) is 2.73. The van der Waals surface area contributed by atoms with Gasteiger partial charge in [0.1, 0.15) is 0 Å². The molecule has 0 bridgehead atoms. The first-order valence-electron chi connectivity index (χ1n) is 6.58. The fraction of sp³-hybridized carbons (Fsp3) is 0.538. The monoisotopic (exact) mass is 285 g/mol. The summed E-state index contributed by atoms with van der Waals surface area (Å²) in [5.41, 5.74) is 6.78. The molecular formula is C13H23N3O2S. The molecule has 4 N–H and O–H groups in total. The van der Waals surface area contributed by atoms with Crippen LogP contribution in [0.5, 0.6) is 0 Å². The quantitative estimate of drug-likeness (QED) is 0.676. The maximum absolute atomic E-state index is 11.7. The molecule has 0 spiro atoms. The van der Waals surface area contributed by atoms with Gasteiger partial charge in [-0.2, -0.15) is 0 Å². The van der Waals surface area contributed by atoms with E-state index in [1.54, 1.807) is 31.2 Å². The van der Waals surface area contributed by atoms with Gasteiger partial charge in [0.25, 0.3) is 0 Å². The fourth-order valence-electron chi connectivity index (χ4n) is 1.75. The van der Waals surface area contributed by atoms with E-state index in [1.165, 1.54) is 0 Å². The van der Waals surface area contributed by atoms with Crippen molar-refractivity contribution in [1.82, 2.24) is 4.72 Å². The Morgan fingerprint density at radius 3 is 2.37 bits per heavy atom. The lowest BCUT2D eigenvalue weighted by atomic mass is 10.2. The Morgan fingerprint density at radius 2 is 1.84 bits per heavy atom. The van der Waals surface area contributed by atoms with Crippen molar-refractivity contribution < 1.29 is 8.42 Å². The van der Waals surface area contributed by atoms with E-state index in [-0.39, 0.29) is 10.9 Å². The fourth-order valence-corrected chi connectivity index (χ4v) is 2.79. The Hall–Kier alpha value is -1.11. The van der Waals surface area contributed by atoms with Gasteiger partial charge < -0.3 is 11.1 Å². The molecular weight excluding hydrogens is 262 g/mol. The number of hydrogen-bond donors (Lipinski definition) is 3. The molecule has 0 saturated carbocycles. The minimum atomic E-state index is -3.37. The second kappa shape index (κ2) is 7.47. The lowest BCUT2D eigenvalue weighted by Crippen LogP contribution is -2.28.